The van der Waals surface area contributed by atoms with Crippen LogP contribution in [0.15, 0.2) is 18.5 Å². The van der Waals surface area contributed by atoms with E-state index in [-0.39, 0.29) is 23.3 Å². The van der Waals surface area contributed by atoms with Crippen molar-refractivity contribution >= 4 is 5.91 Å². The van der Waals surface area contributed by atoms with Crippen LogP contribution in [0, 0.1) is 5.92 Å². The molecule has 92 valence electrons. The van der Waals surface area contributed by atoms with Crippen LogP contribution in [-0.4, -0.2) is 35.1 Å². The minimum atomic E-state index is -0.245. The molecule has 0 aromatic carbocycles. The lowest BCUT2D eigenvalue weighted by molar-refractivity contribution is 0.0922. The van der Waals surface area contributed by atoms with Gasteiger partial charge in [0.15, 0.2) is 0 Å². The van der Waals surface area contributed by atoms with Crippen LogP contribution in [0.5, 0.6) is 5.75 Å². The van der Waals surface area contributed by atoms with Gasteiger partial charge in [-0.3, -0.25) is 9.78 Å². The van der Waals surface area contributed by atoms with Crippen LogP contribution in [0.4, 0.5) is 0 Å². The van der Waals surface area contributed by atoms with Crippen LogP contribution in [-0.2, 0) is 0 Å². The van der Waals surface area contributed by atoms with Gasteiger partial charge in [0.25, 0.3) is 5.91 Å². The quantitative estimate of drug-likeness (QED) is 0.698. The first-order valence-electron chi connectivity index (χ1n) is 5.81. The highest BCUT2D eigenvalue weighted by Crippen LogP contribution is 2.15. The van der Waals surface area contributed by atoms with E-state index in [0.29, 0.717) is 5.92 Å². The summed E-state index contributed by atoms with van der Waals surface area (Å²) in [5.74, 6) is 0.229. The molecule has 5 heteroatoms. The Labute approximate surface area is 100 Å². The van der Waals surface area contributed by atoms with Crippen molar-refractivity contribution in [3.05, 3.63) is 24.0 Å². The van der Waals surface area contributed by atoms with Crippen LogP contribution in [0.2, 0.25) is 0 Å². The van der Waals surface area contributed by atoms with Crippen LogP contribution >= 0.6 is 0 Å². The summed E-state index contributed by atoms with van der Waals surface area (Å²) in [4.78, 5) is 15.7. The molecule has 1 aromatic heterocycles. The second-order valence-corrected chi connectivity index (χ2v) is 4.56. The van der Waals surface area contributed by atoms with E-state index in [4.69, 9.17) is 0 Å². The molecule has 1 amide bonds. The number of hydrogen-bond donors (Lipinski definition) is 3. The summed E-state index contributed by atoms with van der Waals surface area (Å²) in [6.45, 7) is 3.92. The lowest BCUT2D eigenvalue weighted by atomic mass is 9.97. The molecule has 1 aromatic rings. The Balaban J connectivity index is 1.99. The van der Waals surface area contributed by atoms with Gasteiger partial charge in [0.1, 0.15) is 5.75 Å². The Morgan fingerprint density at radius 1 is 1.59 bits per heavy atom. The number of amides is 1. The summed E-state index contributed by atoms with van der Waals surface area (Å²) in [6.07, 6.45) is 3.73. The zero-order valence-corrected chi connectivity index (χ0v) is 9.81. The SMILES string of the molecule is CC1CNCC(NC(=O)c2ccncc2O)C1. The largest absolute Gasteiger partial charge is 0.505 e. The van der Waals surface area contributed by atoms with E-state index in [1.807, 2.05) is 0 Å². The van der Waals surface area contributed by atoms with E-state index in [2.05, 4.69) is 22.5 Å². The van der Waals surface area contributed by atoms with Gasteiger partial charge in [-0.15, -0.1) is 0 Å². The highest BCUT2D eigenvalue weighted by atomic mass is 16.3. The van der Waals surface area contributed by atoms with Gasteiger partial charge < -0.3 is 15.7 Å². The predicted molar refractivity (Wildman–Crippen MR) is 63.8 cm³/mol. The third-order valence-electron chi connectivity index (χ3n) is 2.95. The molecule has 0 radical (unpaired) electrons. The van der Waals surface area contributed by atoms with Crippen molar-refractivity contribution in [1.82, 2.24) is 15.6 Å². The molecule has 0 bridgehead atoms. The van der Waals surface area contributed by atoms with Gasteiger partial charge in [-0.05, 0) is 24.9 Å². The van der Waals surface area contributed by atoms with E-state index in [0.717, 1.165) is 19.5 Å². The molecule has 1 fully saturated rings. The highest BCUT2D eigenvalue weighted by Gasteiger charge is 2.21. The Kier molecular flexibility index (Phi) is 3.58. The molecule has 1 aliphatic rings. The van der Waals surface area contributed by atoms with E-state index >= 15 is 0 Å². The van der Waals surface area contributed by atoms with Crippen LogP contribution in [0.3, 0.4) is 0 Å². The van der Waals surface area contributed by atoms with Crippen molar-refractivity contribution in [3.63, 3.8) is 0 Å². The Morgan fingerprint density at radius 3 is 3.12 bits per heavy atom. The first-order chi connectivity index (χ1) is 8.16. The highest BCUT2D eigenvalue weighted by molar-refractivity contribution is 5.96. The van der Waals surface area contributed by atoms with E-state index in [1.54, 1.807) is 0 Å². The molecular weight excluding hydrogens is 218 g/mol. The lowest BCUT2D eigenvalue weighted by Gasteiger charge is -2.28. The van der Waals surface area contributed by atoms with E-state index in [1.165, 1.54) is 18.5 Å². The van der Waals surface area contributed by atoms with Crippen molar-refractivity contribution in [2.75, 3.05) is 13.1 Å². The smallest absolute Gasteiger partial charge is 0.255 e. The van der Waals surface area contributed by atoms with Gasteiger partial charge in [-0.25, -0.2) is 0 Å². The summed E-state index contributed by atoms with van der Waals surface area (Å²) in [5, 5.41) is 15.7. The third kappa shape index (κ3) is 2.94. The number of aromatic hydroxyl groups is 1. The molecule has 0 spiro atoms. The molecule has 5 nitrogen and oxygen atoms in total. The number of nitrogens with one attached hydrogen (secondary N) is 2. The monoisotopic (exact) mass is 235 g/mol. The first kappa shape index (κ1) is 11.9. The molecule has 2 unspecified atom stereocenters. The van der Waals surface area contributed by atoms with Crippen LogP contribution < -0.4 is 10.6 Å². The number of nitrogens with zero attached hydrogens (tertiary/aromatic N) is 1. The second-order valence-electron chi connectivity index (χ2n) is 4.56. The number of carbonyl (C=O) groups excluding carboxylic acids is 1. The van der Waals surface area contributed by atoms with Crippen LogP contribution in [0.25, 0.3) is 0 Å². The Morgan fingerprint density at radius 2 is 2.41 bits per heavy atom. The summed E-state index contributed by atoms with van der Waals surface area (Å²) in [6, 6.07) is 1.64. The fourth-order valence-corrected chi connectivity index (χ4v) is 2.11. The fourth-order valence-electron chi connectivity index (χ4n) is 2.11. The maximum Gasteiger partial charge on any atom is 0.255 e. The van der Waals surface area contributed by atoms with E-state index < -0.39 is 0 Å². The van der Waals surface area contributed by atoms with Crippen molar-refractivity contribution in [2.45, 2.75) is 19.4 Å². The molecular formula is C12H17N3O2. The minimum absolute atomic E-state index is 0.0817. The van der Waals surface area contributed by atoms with Gasteiger partial charge in [-0.1, -0.05) is 6.92 Å². The summed E-state index contributed by atoms with van der Waals surface area (Å²) >= 11 is 0. The molecule has 1 aliphatic heterocycles. The maximum absolute atomic E-state index is 11.9. The van der Waals surface area contributed by atoms with Crippen molar-refractivity contribution in [1.29, 1.82) is 0 Å². The molecule has 2 rings (SSSR count). The van der Waals surface area contributed by atoms with Crippen LogP contribution in [0.1, 0.15) is 23.7 Å². The summed E-state index contributed by atoms with van der Waals surface area (Å²) in [7, 11) is 0. The summed E-state index contributed by atoms with van der Waals surface area (Å²) < 4.78 is 0. The molecule has 0 saturated carbocycles. The van der Waals surface area contributed by atoms with Gasteiger partial charge in [-0.2, -0.15) is 0 Å². The average Bonchev–Trinajstić information content (AvgIpc) is 2.29. The predicted octanol–water partition coefficient (Wildman–Crippen LogP) is 0.515. The number of pyridine rings is 1. The third-order valence-corrected chi connectivity index (χ3v) is 2.95. The van der Waals surface area contributed by atoms with Gasteiger partial charge in [0.2, 0.25) is 0 Å². The minimum Gasteiger partial charge on any atom is -0.505 e. The van der Waals surface area contributed by atoms with Crippen molar-refractivity contribution < 1.29 is 9.90 Å². The van der Waals surface area contributed by atoms with E-state index in [9.17, 15) is 9.90 Å². The number of aromatic nitrogens is 1. The van der Waals surface area contributed by atoms with Gasteiger partial charge in [0, 0.05) is 18.8 Å². The molecule has 17 heavy (non-hydrogen) atoms. The molecule has 2 atom stereocenters. The van der Waals surface area contributed by atoms with Gasteiger partial charge in [0.05, 0.1) is 11.8 Å². The normalized spacial score (nSPS) is 24.3. The number of rotatable bonds is 2. The maximum atomic E-state index is 11.9. The second kappa shape index (κ2) is 5.14. The number of carbonyl (C=O) groups is 1. The zero-order valence-electron chi connectivity index (χ0n) is 9.81. The van der Waals surface area contributed by atoms with Crippen molar-refractivity contribution in [3.8, 4) is 5.75 Å². The topological polar surface area (TPSA) is 74.2 Å². The summed E-state index contributed by atoms with van der Waals surface area (Å²) in [5.41, 5.74) is 0.276. The first-order valence-corrected chi connectivity index (χ1v) is 5.81. The number of hydrogen-bond acceptors (Lipinski definition) is 4. The molecule has 0 aliphatic carbocycles. The zero-order chi connectivity index (χ0) is 12.3. The molecule has 1 saturated heterocycles. The van der Waals surface area contributed by atoms with Gasteiger partial charge >= 0.3 is 0 Å². The fraction of sp³-hybridized carbons (Fsp3) is 0.500. The van der Waals surface area contributed by atoms with Crippen molar-refractivity contribution in [2.24, 2.45) is 5.92 Å². The standard InChI is InChI=1S/C12H17N3O2/c1-8-4-9(6-14-5-8)15-12(17)10-2-3-13-7-11(10)16/h2-3,7-9,14,16H,4-6H2,1H3,(H,15,17). The Hall–Kier alpha value is -1.62. The number of piperidine rings is 1. The average molecular weight is 235 g/mol. The Bertz CT molecular complexity index is 408. The molecule has 3 N–H and O–H groups in total. The molecule has 2 heterocycles. The lowest BCUT2D eigenvalue weighted by Crippen LogP contribution is -2.48.